The number of unbranched alkanes of at least 4 members (excludes halogenated alkanes) is 1. The first kappa shape index (κ1) is 18.4. The van der Waals surface area contributed by atoms with Gasteiger partial charge in [0.25, 0.3) is 0 Å². The van der Waals surface area contributed by atoms with Crippen LogP contribution in [0.25, 0.3) is 0 Å². The van der Waals surface area contributed by atoms with Crippen molar-refractivity contribution in [3.05, 3.63) is 24.3 Å². The molecule has 24 heavy (non-hydrogen) atoms. The highest BCUT2D eigenvalue weighted by Gasteiger charge is 2.40. The number of hydrogen-bond donors (Lipinski definition) is 1. The van der Waals surface area contributed by atoms with Gasteiger partial charge in [0.1, 0.15) is 5.75 Å². The number of carbonyl (C=O) groups excluding carboxylic acids is 1. The highest BCUT2D eigenvalue weighted by atomic mass is 16.5. The van der Waals surface area contributed by atoms with Crippen molar-refractivity contribution < 1.29 is 9.53 Å². The third kappa shape index (κ3) is 3.94. The van der Waals surface area contributed by atoms with E-state index >= 15 is 0 Å². The summed E-state index contributed by atoms with van der Waals surface area (Å²) >= 11 is 0. The molecule has 0 aromatic heterocycles. The van der Waals surface area contributed by atoms with Crippen LogP contribution in [0.3, 0.4) is 0 Å². The first-order valence-corrected chi connectivity index (χ1v) is 9.11. The van der Waals surface area contributed by atoms with Crippen molar-refractivity contribution in [3.63, 3.8) is 0 Å². The molecule has 1 fully saturated rings. The Morgan fingerprint density at radius 3 is 2.38 bits per heavy atom. The second kappa shape index (κ2) is 8.27. The van der Waals surface area contributed by atoms with E-state index in [9.17, 15) is 4.79 Å². The summed E-state index contributed by atoms with van der Waals surface area (Å²) in [5.41, 5.74) is 6.64. The smallest absolute Gasteiger partial charge is 0.314 e. The summed E-state index contributed by atoms with van der Waals surface area (Å²) in [5.74, 6) is 0.918. The van der Waals surface area contributed by atoms with Crippen molar-refractivity contribution in [1.29, 1.82) is 0 Å². The molecular formula is C19H31N3O2. The normalized spacial score (nSPS) is 17.0. The Labute approximate surface area is 145 Å². The molecule has 5 heteroatoms. The zero-order valence-corrected chi connectivity index (χ0v) is 15.3. The molecule has 0 bridgehead atoms. The Morgan fingerprint density at radius 1 is 1.17 bits per heavy atom. The molecule has 2 rings (SSSR count). The van der Waals surface area contributed by atoms with Crippen LogP contribution in [0.4, 0.5) is 10.5 Å². The average molecular weight is 333 g/mol. The maximum Gasteiger partial charge on any atom is 0.314 e. The largest absolute Gasteiger partial charge is 0.494 e. The molecule has 2 N–H and O–H groups in total. The molecule has 1 aromatic carbocycles. The molecule has 0 unspecified atom stereocenters. The van der Waals surface area contributed by atoms with Gasteiger partial charge < -0.3 is 20.3 Å². The van der Waals surface area contributed by atoms with Crippen LogP contribution in [0.1, 0.15) is 46.5 Å². The van der Waals surface area contributed by atoms with Crippen LogP contribution in [0, 0.1) is 0 Å². The molecule has 0 saturated carbocycles. The van der Waals surface area contributed by atoms with Gasteiger partial charge in [0.2, 0.25) is 0 Å². The molecule has 1 aliphatic rings. The lowest BCUT2D eigenvalue weighted by atomic mass is 9.87. The second-order valence-corrected chi connectivity index (χ2v) is 6.54. The minimum Gasteiger partial charge on any atom is -0.494 e. The molecule has 0 radical (unpaired) electrons. The minimum absolute atomic E-state index is 0.0577. The van der Waals surface area contributed by atoms with E-state index in [4.69, 9.17) is 10.5 Å². The number of amides is 2. The van der Waals surface area contributed by atoms with Gasteiger partial charge >= 0.3 is 6.03 Å². The maximum absolute atomic E-state index is 11.6. The van der Waals surface area contributed by atoms with Crippen LogP contribution in [-0.2, 0) is 0 Å². The van der Waals surface area contributed by atoms with Crippen molar-refractivity contribution in [2.45, 2.75) is 52.0 Å². The number of piperazine rings is 1. The van der Waals surface area contributed by atoms with Crippen molar-refractivity contribution >= 4 is 11.7 Å². The Bertz CT molecular complexity index is 526. The van der Waals surface area contributed by atoms with Crippen molar-refractivity contribution in [2.24, 2.45) is 5.73 Å². The fraction of sp³-hybridized carbons (Fsp3) is 0.632. The first-order valence-electron chi connectivity index (χ1n) is 9.11. The fourth-order valence-electron chi connectivity index (χ4n) is 3.48. The number of anilines is 1. The number of nitrogens with zero attached hydrogens (tertiary/aromatic N) is 2. The third-order valence-corrected chi connectivity index (χ3v) is 5.19. The van der Waals surface area contributed by atoms with E-state index in [2.05, 4.69) is 37.8 Å². The van der Waals surface area contributed by atoms with Gasteiger partial charge in [0.05, 0.1) is 12.1 Å². The molecule has 5 nitrogen and oxygen atoms in total. The zero-order valence-electron chi connectivity index (χ0n) is 15.3. The number of ether oxygens (including phenoxy) is 1. The van der Waals surface area contributed by atoms with Crippen LogP contribution >= 0.6 is 0 Å². The average Bonchev–Trinajstić information content (AvgIpc) is 2.62. The maximum atomic E-state index is 11.6. The molecule has 1 saturated heterocycles. The minimum atomic E-state index is -0.319. The van der Waals surface area contributed by atoms with E-state index < -0.39 is 0 Å². The second-order valence-electron chi connectivity index (χ2n) is 6.54. The van der Waals surface area contributed by atoms with Crippen molar-refractivity contribution in [3.8, 4) is 5.75 Å². The van der Waals surface area contributed by atoms with Gasteiger partial charge in [-0.15, -0.1) is 0 Å². The lowest BCUT2D eigenvalue weighted by molar-refractivity contribution is 0.161. The number of benzene rings is 1. The molecule has 134 valence electrons. The summed E-state index contributed by atoms with van der Waals surface area (Å²) in [6.45, 7) is 9.46. The van der Waals surface area contributed by atoms with E-state index in [1.54, 1.807) is 4.90 Å². The quantitative estimate of drug-likeness (QED) is 0.775. The number of hydrogen-bond acceptors (Lipinski definition) is 3. The molecule has 1 heterocycles. The molecular weight excluding hydrogens is 302 g/mol. The van der Waals surface area contributed by atoms with Gasteiger partial charge in [-0.05, 0) is 43.5 Å². The van der Waals surface area contributed by atoms with Crippen molar-refractivity contribution in [1.82, 2.24) is 4.90 Å². The number of rotatable bonds is 7. The molecule has 1 aromatic rings. The molecule has 0 aliphatic carbocycles. The monoisotopic (exact) mass is 333 g/mol. The fourth-order valence-corrected chi connectivity index (χ4v) is 3.48. The van der Waals surface area contributed by atoms with Gasteiger partial charge in [-0.25, -0.2) is 4.79 Å². The van der Waals surface area contributed by atoms with E-state index in [1.807, 2.05) is 12.1 Å². The number of nitrogens with two attached hydrogens (primary N) is 1. The lowest BCUT2D eigenvalue weighted by Gasteiger charge is -2.51. The predicted octanol–water partition coefficient (Wildman–Crippen LogP) is 3.63. The summed E-state index contributed by atoms with van der Waals surface area (Å²) in [6, 6.07) is 8.02. The SMILES string of the molecule is CCCCOc1ccc(N2CCN(C(N)=O)CC2(CC)CC)cc1. The van der Waals surface area contributed by atoms with E-state index in [0.717, 1.165) is 44.6 Å². The standard InChI is InChI=1S/C19H31N3O2/c1-4-7-14-24-17-10-8-16(9-11-17)22-13-12-21(18(20)23)15-19(22,5-2)6-3/h8-11H,4-7,12-15H2,1-3H3,(H2,20,23). The summed E-state index contributed by atoms with van der Waals surface area (Å²) in [7, 11) is 0. The topological polar surface area (TPSA) is 58.8 Å². The van der Waals surface area contributed by atoms with Crippen LogP contribution in [0.2, 0.25) is 0 Å². The molecule has 0 spiro atoms. The third-order valence-electron chi connectivity index (χ3n) is 5.19. The Kier molecular flexibility index (Phi) is 6.35. The predicted molar refractivity (Wildman–Crippen MR) is 98.7 cm³/mol. The van der Waals surface area contributed by atoms with Gasteiger partial charge in [0, 0.05) is 25.3 Å². The number of primary amides is 1. The van der Waals surface area contributed by atoms with Gasteiger partial charge in [0.15, 0.2) is 0 Å². The Morgan fingerprint density at radius 2 is 1.83 bits per heavy atom. The molecule has 0 atom stereocenters. The van der Waals surface area contributed by atoms with Gasteiger partial charge in [-0.2, -0.15) is 0 Å². The van der Waals surface area contributed by atoms with E-state index in [-0.39, 0.29) is 11.6 Å². The van der Waals surface area contributed by atoms with Crippen LogP contribution in [-0.4, -0.2) is 42.7 Å². The Hall–Kier alpha value is -1.91. The lowest BCUT2D eigenvalue weighted by Crippen LogP contribution is -2.64. The van der Waals surface area contributed by atoms with Crippen LogP contribution in [0.5, 0.6) is 5.75 Å². The zero-order chi connectivity index (χ0) is 17.6. The Balaban J connectivity index is 2.15. The molecule has 2 amide bonds. The number of urea groups is 1. The highest BCUT2D eigenvalue weighted by Crippen LogP contribution is 2.34. The first-order chi connectivity index (χ1) is 11.6. The summed E-state index contributed by atoms with van der Waals surface area (Å²) in [5, 5.41) is 0. The number of carbonyl (C=O) groups is 1. The summed E-state index contributed by atoms with van der Waals surface area (Å²) in [4.78, 5) is 15.8. The van der Waals surface area contributed by atoms with E-state index in [1.165, 1.54) is 5.69 Å². The van der Waals surface area contributed by atoms with Crippen molar-refractivity contribution in [2.75, 3.05) is 31.1 Å². The molecule has 1 aliphatic heterocycles. The summed E-state index contributed by atoms with van der Waals surface area (Å²) < 4.78 is 5.75. The summed E-state index contributed by atoms with van der Waals surface area (Å²) in [6.07, 6.45) is 4.16. The van der Waals surface area contributed by atoms with Crippen LogP contribution < -0.4 is 15.4 Å². The highest BCUT2D eigenvalue weighted by molar-refractivity contribution is 5.72. The van der Waals surface area contributed by atoms with Gasteiger partial charge in [-0.1, -0.05) is 27.2 Å². The van der Waals surface area contributed by atoms with Gasteiger partial charge in [-0.3, -0.25) is 0 Å². The van der Waals surface area contributed by atoms with E-state index in [0.29, 0.717) is 13.1 Å². The van der Waals surface area contributed by atoms with Crippen LogP contribution in [0.15, 0.2) is 24.3 Å².